The van der Waals surface area contributed by atoms with Crippen LogP contribution < -0.4 is 0 Å². The van der Waals surface area contributed by atoms with Crippen LogP contribution in [0.3, 0.4) is 0 Å². The molecular formula is C12H9IN2O. The molecule has 1 heterocycles. The highest BCUT2D eigenvalue weighted by Gasteiger charge is 1.88. The fraction of sp³-hybridized carbons (Fsp3) is 0. The molecule has 0 fully saturated rings. The number of hydrogen-bond acceptors (Lipinski definition) is 3. The quantitative estimate of drug-likeness (QED) is 0.485. The van der Waals surface area contributed by atoms with Crippen LogP contribution >= 0.6 is 22.6 Å². The first-order valence-electron chi connectivity index (χ1n) is 4.70. The van der Waals surface area contributed by atoms with Crippen molar-refractivity contribution in [1.29, 1.82) is 0 Å². The molecule has 1 aromatic carbocycles. The molecule has 1 aromatic heterocycles. The largest absolute Gasteiger partial charge is 0.463 e. The maximum atomic E-state index is 5.08. The van der Waals surface area contributed by atoms with Gasteiger partial charge in [-0.2, -0.15) is 10.2 Å². The van der Waals surface area contributed by atoms with E-state index in [1.807, 2.05) is 36.4 Å². The molecule has 0 atom stereocenters. The van der Waals surface area contributed by atoms with Crippen molar-refractivity contribution < 1.29 is 4.42 Å². The summed E-state index contributed by atoms with van der Waals surface area (Å²) in [6.45, 7) is 0. The molecule has 16 heavy (non-hydrogen) atoms. The Morgan fingerprint density at radius 1 is 1.00 bits per heavy atom. The normalized spacial score (nSPS) is 11.6. The van der Waals surface area contributed by atoms with E-state index in [1.165, 1.54) is 3.57 Å². The van der Waals surface area contributed by atoms with Crippen LogP contribution in [0.25, 0.3) is 0 Å². The summed E-state index contributed by atoms with van der Waals surface area (Å²) in [6, 6.07) is 11.7. The van der Waals surface area contributed by atoms with Crippen molar-refractivity contribution in [2.45, 2.75) is 0 Å². The van der Waals surface area contributed by atoms with Gasteiger partial charge in [-0.15, -0.1) is 0 Å². The predicted molar refractivity (Wildman–Crippen MR) is 73.1 cm³/mol. The first kappa shape index (κ1) is 11.1. The molecule has 2 aromatic rings. The van der Waals surface area contributed by atoms with Gasteiger partial charge in [-0.3, -0.25) is 0 Å². The summed E-state index contributed by atoms with van der Waals surface area (Å²) in [5, 5.41) is 7.81. The molecule has 0 aliphatic heterocycles. The van der Waals surface area contributed by atoms with Crippen LogP contribution in [-0.2, 0) is 0 Å². The molecule has 0 N–H and O–H groups in total. The molecule has 4 heteroatoms. The highest BCUT2D eigenvalue weighted by Crippen LogP contribution is 2.04. The summed E-state index contributed by atoms with van der Waals surface area (Å²) in [4.78, 5) is 0. The van der Waals surface area contributed by atoms with Gasteiger partial charge in [0, 0.05) is 3.57 Å². The molecule has 3 nitrogen and oxygen atoms in total. The van der Waals surface area contributed by atoms with Crippen LogP contribution in [0, 0.1) is 3.57 Å². The van der Waals surface area contributed by atoms with Crippen molar-refractivity contribution in [3.05, 3.63) is 57.6 Å². The lowest BCUT2D eigenvalue weighted by Crippen LogP contribution is -1.80. The SMILES string of the molecule is Ic1ccc(C=N/N=C/c2ccco2)cc1. The minimum atomic E-state index is 0.694. The first-order chi connectivity index (χ1) is 7.84. The number of rotatable bonds is 3. The van der Waals surface area contributed by atoms with Crippen LogP contribution in [0.4, 0.5) is 0 Å². The van der Waals surface area contributed by atoms with E-state index < -0.39 is 0 Å². The van der Waals surface area contributed by atoms with Gasteiger partial charge in [0.25, 0.3) is 0 Å². The van der Waals surface area contributed by atoms with Crippen LogP contribution in [0.2, 0.25) is 0 Å². The lowest BCUT2D eigenvalue weighted by molar-refractivity contribution is 0.560. The molecule has 0 aliphatic rings. The highest BCUT2D eigenvalue weighted by molar-refractivity contribution is 14.1. The summed E-state index contributed by atoms with van der Waals surface area (Å²) in [7, 11) is 0. The van der Waals surface area contributed by atoms with Crippen molar-refractivity contribution >= 4 is 35.0 Å². The molecule has 0 bridgehead atoms. The average Bonchev–Trinajstić information content (AvgIpc) is 2.80. The van der Waals surface area contributed by atoms with Gasteiger partial charge in [0.2, 0.25) is 0 Å². The van der Waals surface area contributed by atoms with E-state index in [2.05, 4.69) is 32.8 Å². The summed E-state index contributed by atoms with van der Waals surface area (Å²) in [5.74, 6) is 0.694. The second-order valence-electron chi connectivity index (χ2n) is 3.06. The standard InChI is InChI=1S/C12H9IN2O/c13-11-5-3-10(4-6-11)8-14-15-9-12-2-1-7-16-12/h1-9H/b14-8?,15-9+. The van der Waals surface area contributed by atoms with Crippen molar-refractivity contribution in [3.8, 4) is 0 Å². The van der Waals surface area contributed by atoms with E-state index in [0.29, 0.717) is 5.76 Å². The zero-order valence-electron chi connectivity index (χ0n) is 8.38. The maximum Gasteiger partial charge on any atom is 0.146 e. The Labute approximate surface area is 107 Å². The zero-order chi connectivity index (χ0) is 11.2. The minimum absolute atomic E-state index is 0.694. The van der Waals surface area contributed by atoms with Crippen LogP contribution in [0.15, 0.2) is 57.3 Å². The van der Waals surface area contributed by atoms with Crippen molar-refractivity contribution in [3.63, 3.8) is 0 Å². The molecule has 0 amide bonds. The fourth-order valence-electron chi connectivity index (χ4n) is 1.10. The molecule has 0 saturated heterocycles. The third-order valence-corrected chi connectivity index (χ3v) is 2.59. The highest BCUT2D eigenvalue weighted by atomic mass is 127. The second kappa shape index (κ2) is 5.60. The van der Waals surface area contributed by atoms with Gasteiger partial charge < -0.3 is 4.42 Å². The topological polar surface area (TPSA) is 37.9 Å². The maximum absolute atomic E-state index is 5.08. The molecule has 0 unspecified atom stereocenters. The number of halogens is 1. The average molecular weight is 324 g/mol. The molecule has 0 spiro atoms. The van der Waals surface area contributed by atoms with Crippen LogP contribution in [0.1, 0.15) is 11.3 Å². The van der Waals surface area contributed by atoms with E-state index in [9.17, 15) is 0 Å². The molecule has 2 rings (SSSR count). The Morgan fingerprint density at radius 2 is 1.75 bits per heavy atom. The van der Waals surface area contributed by atoms with Crippen LogP contribution in [-0.4, -0.2) is 12.4 Å². The van der Waals surface area contributed by atoms with Gasteiger partial charge in [-0.25, -0.2) is 0 Å². The molecule has 0 radical (unpaired) electrons. The van der Waals surface area contributed by atoms with E-state index in [4.69, 9.17) is 4.42 Å². The molecular weight excluding hydrogens is 315 g/mol. The first-order valence-corrected chi connectivity index (χ1v) is 5.78. The zero-order valence-corrected chi connectivity index (χ0v) is 10.5. The van der Waals surface area contributed by atoms with E-state index in [0.717, 1.165) is 5.56 Å². The van der Waals surface area contributed by atoms with Gasteiger partial charge in [0.05, 0.1) is 18.7 Å². The summed E-state index contributed by atoms with van der Waals surface area (Å²) < 4.78 is 6.28. The minimum Gasteiger partial charge on any atom is -0.463 e. The Morgan fingerprint density at radius 3 is 2.44 bits per heavy atom. The summed E-state index contributed by atoms with van der Waals surface area (Å²) in [5.41, 5.74) is 1.03. The number of benzene rings is 1. The van der Waals surface area contributed by atoms with E-state index in [1.54, 1.807) is 18.7 Å². The van der Waals surface area contributed by atoms with Gasteiger partial charge in [0.1, 0.15) is 5.76 Å². The third-order valence-electron chi connectivity index (χ3n) is 1.87. The Kier molecular flexibility index (Phi) is 3.87. The lowest BCUT2D eigenvalue weighted by atomic mass is 10.2. The number of nitrogens with zero attached hydrogens (tertiary/aromatic N) is 2. The van der Waals surface area contributed by atoms with Gasteiger partial charge in [-0.1, -0.05) is 12.1 Å². The Balaban J connectivity index is 1.97. The lowest BCUT2D eigenvalue weighted by Gasteiger charge is -1.90. The Hall–Kier alpha value is -1.43. The fourth-order valence-corrected chi connectivity index (χ4v) is 1.46. The predicted octanol–water partition coefficient (Wildman–Crippen LogP) is 3.34. The summed E-state index contributed by atoms with van der Waals surface area (Å²) in [6.07, 6.45) is 4.88. The summed E-state index contributed by atoms with van der Waals surface area (Å²) >= 11 is 2.26. The molecule has 80 valence electrons. The van der Waals surface area contributed by atoms with Gasteiger partial charge >= 0.3 is 0 Å². The van der Waals surface area contributed by atoms with E-state index in [-0.39, 0.29) is 0 Å². The molecule has 0 saturated carbocycles. The van der Waals surface area contributed by atoms with Crippen molar-refractivity contribution in [2.24, 2.45) is 10.2 Å². The Bertz CT molecular complexity index is 486. The van der Waals surface area contributed by atoms with E-state index >= 15 is 0 Å². The number of furan rings is 1. The van der Waals surface area contributed by atoms with Crippen LogP contribution in [0.5, 0.6) is 0 Å². The van der Waals surface area contributed by atoms with Gasteiger partial charge in [0.15, 0.2) is 0 Å². The van der Waals surface area contributed by atoms with Crippen molar-refractivity contribution in [2.75, 3.05) is 0 Å². The monoisotopic (exact) mass is 324 g/mol. The third kappa shape index (κ3) is 3.30. The molecule has 0 aliphatic carbocycles. The van der Waals surface area contributed by atoms with Gasteiger partial charge in [-0.05, 0) is 52.4 Å². The smallest absolute Gasteiger partial charge is 0.146 e. The van der Waals surface area contributed by atoms with Crippen molar-refractivity contribution in [1.82, 2.24) is 0 Å². The number of hydrogen-bond donors (Lipinski definition) is 0. The second-order valence-corrected chi connectivity index (χ2v) is 4.30.